The first-order valence-corrected chi connectivity index (χ1v) is 7.69. The minimum atomic E-state index is -0.0572. The molecular formula is C14H15N5OS. The smallest absolute Gasteiger partial charge is 0.186 e. The zero-order valence-electron chi connectivity index (χ0n) is 11.6. The molecule has 4 rings (SSSR count). The van der Waals surface area contributed by atoms with E-state index in [1.807, 2.05) is 23.7 Å². The number of aryl methyl sites for hydroxylation is 1. The summed E-state index contributed by atoms with van der Waals surface area (Å²) in [6.45, 7) is 2.29. The van der Waals surface area contributed by atoms with Crippen LogP contribution in [0.25, 0.3) is 10.2 Å². The summed E-state index contributed by atoms with van der Waals surface area (Å²) in [5.74, 6) is 0.862. The molecule has 3 heterocycles. The van der Waals surface area contributed by atoms with Gasteiger partial charge in [-0.15, -0.1) is 10.2 Å². The molecule has 1 saturated heterocycles. The van der Waals surface area contributed by atoms with E-state index in [-0.39, 0.29) is 6.10 Å². The largest absolute Gasteiger partial charge is 0.366 e. The van der Waals surface area contributed by atoms with Gasteiger partial charge in [-0.05, 0) is 12.1 Å². The normalized spacial score (nSPS) is 19.3. The summed E-state index contributed by atoms with van der Waals surface area (Å²) in [7, 11) is 1.94. The number of hydrogen-bond donors (Lipinski definition) is 0. The summed E-state index contributed by atoms with van der Waals surface area (Å²) in [6, 6.07) is 8.23. The number of rotatable bonds is 2. The highest BCUT2D eigenvalue weighted by atomic mass is 32.1. The predicted octanol–water partition coefficient (Wildman–Crippen LogP) is 2.00. The third-order valence-electron chi connectivity index (χ3n) is 3.65. The van der Waals surface area contributed by atoms with Gasteiger partial charge < -0.3 is 14.2 Å². The molecule has 21 heavy (non-hydrogen) atoms. The Balaban J connectivity index is 1.62. The summed E-state index contributed by atoms with van der Waals surface area (Å²) in [5, 5.41) is 9.13. The van der Waals surface area contributed by atoms with Gasteiger partial charge in [0, 0.05) is 13.6 Å². The summed E-state index contributed by atoms with van der Waals surface area (Å²) < 4.78 is 8.97. The van der Waals surface area contributed by atoms with Gasteiger partial charge in [0.15, 0.2) is 11.0 Å². The number of morpholine rings is 1. The average Bonchev–Trinajstić information content (AvgIpc) is 3.13. The molecule has 7 heteroatoms. The van der Waals surface area contributed by atoms with Crippen molar-refractivity contribution in [3.05, 3.63) is 36.4 Å². The van der Waals surface area contributed by atoms with Gasteiger partial charge in [0.25, 0.3) is 0 Å². The lowest BCUT2D eigenvalue weighted by molar-refractivity contribution is 0.0321. The van der Waals surface area contributed by atoms with Crippen molar-refractivity contribution >= 4 is 26.7 Å². The minimum Gasteiger partial charge on any atom is -0.366 e. The second kappa shape index (κ2) is 5.09. The second-order valence-corrected chi connectivity index (χ2v) is 6.08. The molecule has 0 bridgehead atoms. The molecule has 1 atom stereocenters. The maximum atomic E-state index is 5.84. The predicted molar refractivity (Wildman–Crippen MR) is 81.5 cm³/mol. The van der Waals surface area contributed by atoms with Crippen molar-refractivity contribution in [3.63, 3.8) is 0 Å². The number of aromatic nitrogens is 4. The summed E-state index contributed by atoms with van der Waals surface area (Å²) in [4.78, 5) is 6.99. The molecule has 0 radical (unpaired) electrons. The Labute approximate surface area is 126 Å². The Kier molecular flexibility index (Phi) is 3.08. The Bertz CT molecular complexity index is 734. The van der Waals surface area contributed by atoms with Gasteiger partial charge in [0.05, 0.1) is 23.4 Å². The number of anilines is 1. The van der Waals surface area contributed by atoms with Crippen LogP contribution in [0.5, 0.6) is 0 Å². The van der Waals surface area contributed by atoms with E-state index in [0.717, 1.165) is 29.6 Å². The fourth-order valence-electron chi connectivity index (χ4n) is 2.56. The number of hydrogen-bond acceptors (Lipinski definition) is 6. The van der Waals surface area contributed by atoms with Crippen molar-refractivity contribution < 1.29 is 4.74 Å². The molecule has 0 aliphatic carbocycles. The van der Waals surface area contributed by atoms with Crippen molar-refractivity contribution in [2.75, 3.05) is 24.6 Å². The topological polar surface area (TPSA) is 56.1 Å². The molecule has 3 aromatic rings. The van der Waals surface area contributed by atoms with Crippen molar-refractivity contribution in [2.24, 2.45) is 7.05 Å². The van der Waals surface area contributed by atoms with Gasteiger partial charge in [-0.1, -0.05) is 23.5 Å². The van der Waals surface area contributed by atoms with Crippen molar-refractivity contribution in [3.8, 4) is 0 Å². The molecule has 1 aliphatic rings. The van der Waals surface area contributed by atoms with Crippen molar-refractivity contribution in [1.29, 1.82) is 0 Å². The fraction of sp³-hybridized carbons (Fsp3) is 0.357. The molecule has 0 amide bonds. The highest BCUT2D eigenvalue weighted by Gasteiger charge is 2.27. The van der Waals surface area contributed by atoms with Crippen LogP contribution in [0.4, 0.5) is 5.13 Å². The number of ether oxygens (including phenoxy) is 1. The first kappa shape index (κ1) is 12.7. The monoisotopic (exact) mass is 301 g/mol. The lowest BCUT2D eigenvalue weighted by atomic mass is 10.2. The van der Waals surface area contributed by atoms with Crippen LogP contribution in [0.1, 0.15) is 11.9 Å². The Morgan fingerprint density at radius 1 is 1.33 bits per heavy atom. The molecule has 0 N–H and O–H groups in total. The number of fused-ring (bicyclic) bond motifs is 1. The van der Waals surface area contributed by atoms with Crippen LogP contribution in [0.15, 0.2) is 30.6 Å². The second-order valence-electron chi connectivity index (χ2n) is 5.07. The molecule has 108 valence electrons. The molecular weight excluding hydrogens is 286 g/mol. The number of thiazole rings is 1. The van der Waals surface area contributed by atoms with Crippen molar-refractivity contribution in [1.82, 2.24) is 19.7 Å². The molecule has 6 nitrogen and oxygen atoms in total. The highest BCUT2D eigenvalue weighted by molar-refractivity contribution is 7.22. The van der Waals surface area contributed by atoms with Crippen LogP contribution < -0.4 is 4.90 Å². The standard InChI is InChI=1S/C14H15N5OS/c1-18-9-15-17-13(18)11-8-19(6-7-20-11)14-16-10-4-2-3-5-12(10)21-14/h2-5,9,11H,6-8H2,1H3. The molecule has 1 unspecified atom stereocenters. The van der Waals surface area contributed by atoms with Crippen molar-refractivity contribution in [2.45, 2.75) is 6.10 Å². The lowest BCUT2D eigenvalue weighted by Gasteiger charge is -2.31. The lowest BCUT2D eigenvalue weighted by Crippen LogP contribution is -2.39. The molecule has 2 aromatic heterocycles. The Hall–Kier alpha value is -1.99. The maximum Gasteiger partial charge on any atom is 0.186 e. The van der Waals surface area contributed by atoms with Crippen LogP contribution in [0.2, 0.25) is 0 Å². The molecule has 0 spiro atoms. The molecule has 1 aromatic carbocycles. The van der Waals surface area contributed by atoms with Gasteiger partial charge in [0.1, 0.15) is 12.4 Å². The van der Waals surface area contributed by atoms with Crippen LogP contribution in [-0.4, -0.2) is 39.4 Å². The third kappa shape index (κ3) is 2.28. The minimum absolute atomic E-state index is 0.0572. The fourth-order valence-corrected chi connectivity index (χ4v) is 3.56. The number of nitrogens with zero attached hydrogens (tertiary/aromatic N) is 5. The van der Waals surface area contributed by atoms with Crippen LogP contribution in [0.3, 0.4) is 0 Å². The van der Waals surface area contributed by atoms with E-state index in [1.54, 1.807) is 17.7 Å². The molecule has 0 saturated carbocycles. The number of para-hydroxylation sites is 1. The average molecular weight is 301 g/mol. The SMILES string of the molecule is Cn1cnnc1C1CN(c2nc3ccccc3s2)CCO1. The van der Waals surface area contributed by atoms with Gasteiger partial charge in [-0.25, -0.2) is 4.98 Å². The van der Waals surface area contributed by atoms with E-state index in [4.69, 9.17) is 9.72 Å². The zero-order chi connectivity index (χ0) is 14.2. The van der Waals surface area contributed by atoms with E-state index < -0.39 is 0 Å². The number of benzene rings is 1. The maximum absolute atomic E-state index is 5.84. The zero-order valence-corrected chi connectivity index (χ0v) is 12.5. The summed E-state index contributed by atoms with van der Waals surface area (Å²) in [5.41, 5.74) is 1.05. The summed E-state index contributed by atoms with van der Waals surface area (Å²) in [6.07, 6.45) is 1.65. The van der Waals surface area contributed by atoms with Gasteiger partial charge in [-0.3, -0.25) is 0 Å². The quantitative estimate of drug-likeness (QED) is 0.724. The van der Waals surface area contributed by atoms with Crippen LogP contribution >= 0.6 is 11.3 Å². The Morgan fingerprint density at radius 2 is 2.24 bits per heavy atom. The van der Waals surface area contributed by atoms with Gasteiger partial charge in [-0.2, -0.15) is 0 Å². The van der Waals surface area contributed by atoms with Gasteiger partial charge in [0.2, 0.25) is 0 Å². The third-order valence-corrected chi connectivity index (χ3v) is 4.75. The van der Waals surface area contributed by atoms with E-state index in [2.05, 4.69) is 27.2 Å². The van der Waals surface area contributed by atoms with E-state index in [0.29, 0.717) is 6.61 Å². The highest BCUT2D eigenvalue weighted by Crippen LogP contribution is 2.31. The van der Waals surface area contributed by atoms with Crippen LogP contribution in [0, 0.1) is 0 Å². The van der Waals surface area contributed by atoms with Gasteiger partial charge >= 0.3 is 0 Å². The van der Waals surface area contributed by atoms with E-state index in [1.165, 1.54) is 4.70 Å². The van der Waals surface area contributed by atoms with Crippen LogP contribution in [-0.2, 0) is 11.8 Å². The first-order chi connectivity index (χ1) is 10.3. The summed E-state index contributed by atoms with van der Waals surface area (Å²) >= 11 is 1.72. The molecule has 1 aliphatic heterocycles. The van der Waals surface area contributed by atoms with E-state index in [9.17, 15) is 0 Å². The van der Waals surface area contributed by atoms with E-state index >= 15 is 0 Å². The first-order valence-electron chi connectivity index (χ1n) is 6.87. The molecule has 1 fully saturated rings. The Morgan fingerprint density at radius 3 is 3.05 bits per heavy atom.